The molecule has 5 heterocycles. The topological polar surface area (TPSA) is 131 Å². The third kappa shape index (κ3) is 6.30. The number of urea groups is 1. The fraction of sp³-hybridized carbons (Fsp3) is 0.577. The largest absolute Gasteiger partial charge is 0.491 e. The second-order valence-corrected chi connectivity index (χ2v) is 10.7. The lowest BCUT2D eigenvalue weighted by atomic mass is 9.99. The molecule has 2 bridgehead atoms. The molecule has 0 aromatic carbocycles. The Labute approximate surface area is 234 Å². The first-order valence-electron chi connectivity index (χ1n) is 13.3. The SMILES string of the molecule is Cc1nc(C(=O)N[C@H](C)C(F)(F)F)nc2c1N1CCCC(C1)N2C(=O)Nc1cc(OC[C@H]2COC(C)(C)O2)ccn1. The van der Waals surface area contributed by atoms with Gasteiger partial charge in [0.25, 0.3) is 5.91 Å². The van der Waals surface area contributed by atoms with E-state index in [4.69, 9.17) is 14.2 Å². The quantitative estimate of drug-likeness (QED) is 0.529. The van der Waals surface area contributed by atoms with Crippen LogP contribution in [0.5, 0.6) is 5.75 Å². The number of aromatic nitrogens is 3. The molecular formula is C26H32F3N7O5. The van der Waals surface area contributed by atoms with Crippen molar-refractivity contribution >= 4 is 29.3 Å². The predicted octanol–water partition coefficient (Wildman–Crippen LogP) is 3.41. The van der Waals surface area contributed by atoms with Gasteiger partial charge in [0, 0.05) is 25.4 Å². The number of amides is 3. The zero-order chi connectivity index (χ0) is 29.5. The Kier molecular flexibility index (Phi) is 7.68. The number of pyridine rings is 1. The van der Waals surface area contributed by atoms with Gasteiger partial charge in [-0.15, -0.1) is 0 Å². The van der Waals surface area contributed by atoms with E-state index in [1.807, 2.05) is 24.1 Å². The highest BCUT2D eigenvalue weighted by Gasteiger charge is 2.41. The fourth-order valence-electron chi connectivity index (χ4n) is 5.11. The molecule has 3 amide bonds. The third-order valence-corrected chi connectivity index (χ3v) is 7.08. The molecule has 2 saturated heterocycles. The fourth-order valence-corrected chi connectivity index (χ4v) is 5.11. The minimum atomic E-state index is -4.63. The molecule has 5 rings (SSSR count). The number of halogens is 3. The maximum Gasteiger partial charge on any atom is 0.408 e. The molecule has 2 aromatic heterocycles. The minimum Gasteiger partial charge on any atom is -0.491 e. The second kappa shape index (κ2) is 10.9. The number of fused-ring (bicyclic) bond motifs is 4. The molecule has 0 radical (unpaired) electrons. The molecule has 3 atom stereocenters. The van der Waals surface area contributed by atoms with Gasteiger partial charge in [-0.2, -0.15) is 13.2 Å². The normalized spacial score (nSPS) is 22.1. The molecule has 12 nitrogen and oxygen atoms in total. The van der Waals surface area contributed by atoms with Crippen molar-refractivity contribution in [2.24, 2.45) is 0 Å². The Hall–Kier alpha value is -3.72. The van der Waals surface area contributed by atoms with E-state index in [1.165, 1.54) is 11.1 Å². The van der Waals surface area contributed by atoms with Gasteiger partial charge in [0.15, 0.2) is 11.6 Å². The number of alkyl halides is 3. The number of hydrogen-bond acceptors (Lipinski definition) is 9. The summed E-state index contributed by atoms with van der Waals surface area (Å²) in [6.07, 6.45) is -1.90. The van der Waals surface area contributed by atoms with E-state index in [-0.39, 0.29) is 30.4 Å². The van der Waals surface area contributed by atoms with Crippen LogP contribution in [0.1, 0.15) is 49.9 Å². The Bertz CT molecular complexity index is 1320. The van der Waals surface area contributed by atoms with Gasteiger partial charge in [-0.25, -0.2) is 19.7 Å². The van der Waals surface area contributed by atoms with Crippen molar-refractivity contribution in [1.29, 1.82) is 0 Å². The van der Waals surface area contributed by atoms with E-state index >= 15 is 0 Å². The van der Waals surface area contributed by atoms with Gasteiger partial charge in [-0.1, -0.05) is 0 Å². The van der Waals surface area contributed by atoms with Crippen LogP contribution in [0.2, 0.25) is 0 Å². The molecule has 1 unspecified atom stereocenters. The molecule has 41 heavy (non-hydrogen) atoms. The Morgan fingerprint density at radius 1 is 1.29 bits per heavy atom. The van der Waals surface area contributed by atoms with E-state index < -0.39 is 35.8 Å². The van der Waals surface area contributed by atoms with Gasteiger partial charge in [0.2, 0.25) is 5.82 Å². The number of hydrogen-bond donors (Lipinski definition) is 2. The highest BCUT2D eigenvalue weighted by molar-refractivity contribution is 6.04. The highest BCUT2D eigenvalue weighted by Crippen LogP contribution is 2.40. The van der Waals surface area contributed by atoms with Crippen molar-refractivity contribution in [2.75, 3.05) is 41.4 Å². The zero-order valence-electron chi connectivity index (χ0n) is 23.1. The summed E-state index contributed by atoms with van der Waals surface area (Å²) in [6.45, 7) is 7.98. The lowest BCUT2D eigenvalue weighted by Gasteiger charge is -2.46. The van der Waals surface area contributed by atoms with Crippen LogP contribution in [-0.4, -0.2) is 83.3 Å². The van der Waals surface area contributed by atoms with Crippen molar-refractivity contribution in [3.05, 3.63) is 29.8 Å². The number of rotatable bonds is 6. The molecule has 0 saturated carbocycles. The molecule has 222 valence electrons. The van der Waals surface area contributed by atoms with E-state index in [1.54, 1.807) is 19.1 Å². The summed E-state index contributed by atoms with van der Waals surface area (Å²) in [7, 11) is 0. The molecule has 2 aromatic rings. The van der Waals surface area contributed by atoms with Crippen LogP contribution in [-0.2, 0) is 9.47 Å². The van der Waals surface area contributed by atoms with Gasteiger partial charge in [-0.05, 0) is 46.6 Å². The molecule has 0 aliphatic carbocycles. The molecular weight excluding hydrogens is 547 g/mol. The number of carbonyl (C=O) groups excluding carboxylic acids is 2. The van der Waals surface area contributed by atoms with Crippen LogP contribution in [0.3, 0.4) is 0 Å². The van der Waals surface area contributed by atoms with E-state index in [0.717, 1.165) is 13.3 Å². The third-order valence-electron chi connectivity index (χ3n) is 7.08. The van der Waals surface area contributed by atoms with Gasteiger partial charge >= 0.3 is 12.2 Å². The summed E-state index contributed by atoms with van der Waals surface area (Å²) in [5.41, 5.74) is 0.941. The zero-order valence-corrected chi connectivity index (χ0v) is 23.1. The molecule has 0 spiro atoms. The lowest BCUT2D eigenvalue weighted by Crippen LogP contribution is -2.56. The number of ether oxygens (including phenoxy) is 3. The Morgan fingerprint density at radius 3 is 2.78 bits per heavy atom. The van der Waals surface area contributed by atoms with Gasteiger partial charge < -0.3 is 24.4 Å². The summed E-state index contributed by atoms with van der Waals surface area (Å²) >= 11 is 0. The lowest BCUT2D eigenvalue weighted by molar-refractivity contribution is -0.149. The predicted molar refractivity (Wildman–Crippen MR) is 141 cm³/mol. The Morgan fingerprint density at radius 2 is 2.07 bits per heavy atom. The standard InChI is InChI=1S/C26H32F3N7O5/c1-14-20-22(34-21(31-14)23(37)32-15(2)26(27,28)29)36(16-6-5-9-35(20)11-16)24(38)33-19-10-17(7-8-30-19)39-12-18-13-40-25(3,4)41-18/h7-8,10,15-16,18H,5-6,9,11-13H2,1-4H3,(H,32,37)(H,30,33,38)/t15-,16?,18+/m1/s1. The summed E-state index contributed by atoms with van der Waals surface area (Å²) in [4.78, 5) is 42.5. The number of carbonyl (C=O) groups is 2. The van der Waals surface area contributed by atoms with Crippen molar-refractivity contribution < 1.29 is 37.0 Å². The Balaban J connectivity index is 1.36. The maximum atomic E-state index is 13.7. The smallest absolute Gasteiger partial charge is 0.408 e. The molecule has 3 aliphatic heterocycles. The van der Waals surface area contributed by atoms with Crippen LogP contribution in [0.4, 0.5) is 35.3 Å². The first-order chi connectivity index (χ1) is 19.3. The van der Waals surface area contributed by atoms with Crippen molar-refractivity contribution in [3.63, 3.8) is 0 Å². The van der Waals surface area contributed by atoms with Gasteiger partial charge in [-0.3, -0.25) is 15.0 Å². The van der Waals surface area contributed by atoms with Crippen molar-refractivity contribution in [2.45, 2.75) is 70.7 Å². The number of piperidine rings is 1. The van der Waals surface area contributed by atoms with E-state index in [0.29, 0.717) is 43.2 Å². The van der Waals surface area contributed by atoms with E-state index in [9.17, 15) is 22.8 Å². The minimum absolute atomic E-state index is 0.157. The molecule has 2 N–H and O–H groups in total. The van der Waals surface area contributed by atoms with Crippen LogP contribution < -0.4 is 25.2 Å². The summed E-state index contributed by atoms with van der Waals surface area (Å²) in [5.74, 6) is -1.38. The van der Waals surface area contributed by atoms with Crippen LogP contribution >= 0.6 is 0 Å². The van der Waals surface area contributed by atoms with E-state index in [2.05, 4.69) is 20.3 Å². The monoisotopic (exact) mass is 579 g/mol. The summed E-state index contributed by atoms with van der Waals surface area (Å²) in [5, 5.41) is 4.65. The van der Waals surface area contributed by atoms with Crippen LogP contribution in [0, 0.1) is 6.92 Å². The molecule has 3 aliphatic rings. The van der Waals surface area contributed by atoms with Gasteiger partial charge in [0.05, 0.1) is 18.3 Å². The maximum absolute atomic E-state index is 13.7. The average molecular weight is 580 g/mol. The number of nitrogens with one attached hydrogen (secondary N) is 2. The number of anilines is 3. The first-order valence-corrected chi connectivity index (χ1v) is 13.3. The van der Waals surface area contributed by atoms with Crippen molar-refractivity contribution in [3.8, 4) is 5.75 Å². The number of aryl methyl sites for hydroxylation is 1. The summed E-state index contributed by atoms with van der Waals surface area (Å²) in [6, 6.07) is 0.286. The first kappa shape index (κ1) is 28.8. The highest BCUT2D eigenvalue weighted by atomic mass is 19.4. The summed E-state index contributed by atoms with van der Waals surface area (Å²) < 4.78 is 56.3. The average Bonchev–Trinajstić information content (AvgIpc) is 3.25. The second-order valence-electron chi connectivity index (χ2n) is 10.7. The van der Waals surface area contributed by atoms with Gasteiger partial charge in [0.1, 0.15) is 36.0 Å². The van der Waals surface area contributed by atoms with Crippen LogP contribution in [0.15, 0.2) is 18.3 Å². The number of nitrogens with zero attached hydrogens (tertiary/aromatic N) is 5. The van der Waals surface area contributed by atoms with Crippen molar-refractivity contribution in [1.82, 2.24) is 20.3 Å². The van der Waals surface area contributed by atoms with Crippen LogP contribution in [0.25, 0.3) is 0 Å². The molecule has 2 fully saturated rings. The molecule has 15 heteroatoms.